The van der Waals surface area contributed by atoms with Gasteiger partial charge >= 0.3 is 0 Å². The molecule has 0 spiro atoms. The molecule has 1 aromatic carbocycles. The molecule has 0 atom stereocenters. The molecule has 3 rings (SSSR count). The number of rotatable bonds is 1. The van der Waals surface area contributed by atoms with Crippen LogP contribution in [0.1, 0.15) is 42.0 Å². The number of fused-ring (bicyclic) bond motifs is 3. The van der Waals surface area contributed by atoms with E-state index in [0.717, 1.165) is 12.8 Å². The van der Waals surface area contributed by atoms with E-state index in [-0.39, 0.29) is 25.8 Å². The first-order chi connectivity index (χ1) is 6.90. The van der Waals surface area contributed by atoms with Crippen LogP contribution < -0.4 is 0 Å². The van der Waals surface area contributed by atoms with E-state index in [4.69, 9.17) is 0 Å². The van der Waals surface area contributed by atoms with Crippen LogP contribution in [0.4, 0.5) is 0 Å². The summed E-state index contributed by atoms with van der Waals surface area (Å²) in [7, 11) is 0. The van der Waals surface area contributed by atoms with Gasteiger partial charge in [0.2, 0.25) is 0 Å². The first-order valence-corrected chi connectivity index (χ1v) is 5.64. The van der Waals surface area contributed by atoms with E-state index < -0.39 is 0 Å². The fourth-order valence-electron chi connectivity index (χ4n) is 2.83. The summed E-state index contributed by atoms with van der Waals surface area (Å²) < 4.78 is 0. The van der Waals surface area contributed by atoms with Crippen molar-refractivity contribution in [3.05, 3.63) is 40.5 Å². The Morgan fingerprint density at radius 3 is 2.80 bits per heavy atom. The molecule has 76 valence electrons. The molecule has 2 aliphatic carbocycles. The van der Waals surface area contributed by atoms with Crippen molar-refractivity contribution in [2.75, 3.05) is 0 Å². The van der Waals surface area contributed by atoms with Crippen LogP contribution >= 0.6 is 0 Å². The van der Waals surface area contributed by atoms with Crippen molar-refractivity contribution in [2.45, 2.75) is 39.0 Å². The molecule has 1 heteroatoms. The van der Waals surface area contributed by atoms with Crippen LogP contribution in [-0.4, -0.2) is 0 Å². The minimum absolute atomic E-state index is 0. The van der Waals surface area contributed by atoms with Crippen molar-refractivity contribution in [1.29, 1.82) is 0 Å². The van der Waals surface area contributed by atoms with Crippen molar-refractivity contribution in [3.8, 4) is 0 Å². The zero-order valence-electron chi connectivity index (χ0n) is 9.19. The molecule has 0 radical (unpaired) electrons. The maximum Gasteiger partial charge on any atom is 0 e. The van der Waals surface area contributed by atoms with Crippen LogP contribution in [0.25, 0.3) is 5.57 Å². The van der Waals surface area contributed by atoms with Gasteiger partial charge in [0.15, 0.2) is 0 Å². The summed E-state index contributed by atoms with van der Waals surface area (Å²) >= 11 is 0. The van der Waals surface area contributed by atoms with Gasteiger partial charge in [0.05, 0.1) is 0 Å². The van der Waals surface area contributed by atoms with Crippen LogP contribution in [0, 0.1) is 6.08 Å². The third kappa shape index (κ3) is 1.69. The summed E-state index contributed by atoms with van der Waals surface area (Å²) in [6, 6.07) is 4.65. The Balaban J connectivity index is 0.000000853. The van der Waals surface area contributed by atoms with E-state index in [1.54, 1.807) is 16.7 Å². The van der Waals surface area contributed by atoms with Gasteiger partial charge in [-0.3, -0.25) is 6.08 Å². The molecule has 0 nitrogen and oxygen atoms in total. The van der Waals surface area contributed by atoms with Gasteiger partial charge in [-0.1, -0.05) is 31.0 Å². The van der Waals surface area contributed by atoms with Gasteiger partial charge < -0.3 is 0 Å². The summed E-state index contributed by atoms with van der Waals surface area (Å²) in [4.78, 5) is 0. The minimum Gasteiger partial charge on any atom is -0.268 e. The molecule has 1 aromatic rings. The second-order valence-electron chi connectivity index (χ2n) is 4.28. The Kier molecular flexibility index (Phi) is 3.30. The topological polar surface area (TPSA) is 0 Å². The molecular weight excluding hydrogens is 347 g/mol. The van der Waals surface area contributed by atoms with Gasteiger partial charge in [0.25, 0.3) is 0 Å². The largest absolute Gasteiger partial charge is 0.268 e. The smallest absolute Gasteiger partial charge is 0 e. The molecular formula is C14H15Hf-. The quantitative estimate of drug-likeness (QED) is 0.532. The second kappa shape index (κ2) is 4.37. The van der Waals surface area contributed by atoms with Crippen LogP contribution in [0.5, 0.6) is 0 Å². The Hall–Kier alpha value is -0.170. The number of benzene rings is 1. The van der Waals surface area contributed by atoms with Crippen LogP contribution in [-0.2, 0) is 45.1 Å². The predicted octanol–water partition coefficient (Wildman–Crippen LogP) is 3.33. The molecule has 0 N–H and O–H groups in total. The van der Waals surface area contributed by atoms with Gasteiger partial charge in [0.1, 0.15) is 0 Å². The summed E-state index contributed by atoms with van der Waals surface area (Å²) in [5, 5.41) is 0. The summed E-state index contributed by atoms with van der Waals surface area (Å²) in [6.07, 6.45) is 9.64. The van der Waals surface area contributed by atoms with Gasteiger partial charge in [-0.05, 0) is 19.3 Å². The van der Waals surface area contributed by atoms with E-state index in [9.17, 15) is 0 Å². The predicted molar refractivity (Wildman–Crippen MR) is 59.1 cm³/mol. The molecule has 0 unspecified atom stereocenters. The van der Waals surface area contributed by atoms with Gasteiger partial charge in [0, 0.05) is 25.8 Å². The van der Waals surface area contributed by atoms with Crippen molar-refractivity contribution < 1.29 is 25.8 Å². The number of allylic oxidation sites excluding steroid dienone is 2. The number of aryl methyl sites for hydroxylation is 1. The van der Waals surface area contributed by atoms with Gasteiger partial charge in [-0.15, -0.1) is 17.5 Å². The fourth-order valence-corrected chi connectivity index (χ4v) is 2.83. The third-order valence-electron chi connectivity index (χ3n) is 3.52. The molecule has 15 heavy (non-hydrogen) atoms. The van der Waals surface area contributed by atoms with Crippen LogP contribution in [0.3, 0.4) is 0 Å². The second-order valence-corrected chi connectivity index (χ2v) is 4.28. The average Bonchev–Trinajstić information content (AvgIpc) is 2.82. The van der Waals surface area contributed by atoms with E-state index in [1.165, 1.54) is 30.4 Å². The van der Waals surface area contributed by atoms with E-state index >= 15 is 0 Å². The van der Waals surface area contributed by atoms with Gasteiger partial charge in [-0.25, -0.2) is 5.57 Å². The maximum absolute atomic E-state index is 3.52. The third-order valence-corrected chi connectivity index (χ3v) is 3.52. The van der Waals surface area contributed by atoms with Gasteiger partial charge in [-0.2, -0.15) is 5.56 Å². The molecule has 0 aromatic heterocycles. The number of hydrogen-bond acceptors (Lipinski definition) is 0. The molecule has 0 amide bonds. The standard InChI is InChI=1S/C14H15.Hf/c1-2-10-6-8-12-9-7-11-4-3-5-13(11)14(10)12;/h7,9H,2-5,8H2,1H3;/q-1;. The SMILES string of the molecule is CCC1=[C-]Cc2ccc3c(c21)CCC3.[Hf]. The summed E-state index contributed by atoms with van der Waals surface area (Å²) in [5.74, 6) is 0. The van der Waals surface area contributed by atoms with E-state index in [2.05, 4.69) is 25.1 Å². The number of hydrogen-bond donors (Lipinski definition) is 0. The average molecular weight is 362 g/mol. The molecule has 0 heterocycles. The normalized spacial score (nSPS) is 16.7. The van der Waals surface area contributed by atoms with Crippen molar-refractivity contribution >= 4 is 5.57 Å². The minimum atomic E-state index is 0. The zero-order valence-corrected chi connectivity index (χ0v) is 12.8. The van der Waals surface area contributed by atoms with Crippen molar-refractivity contribution in [1.82, 2.24) is 0 Å². The Labute approximate surface area is 111 Å². The molecule has 0 bridgehead atoms. The molecule has 0 aliphatic heterocycles. The Bertz CT molecular complexity index is 416. The van der Waals surface area contributed by atoms with Crippen molar-refractivity contribution in [2.24, 2.45) is 0 Å². The zero-order chi connectivity index (χ0) is 9.54. The first-order valence-electron chi connectivity index (χ1n) is 5.64. The maximum atomic E-state index is 3.52. The van der Waals surface area contributed by atoms with Crippen LogP contribution in [0.2, 0.25) is 0 Å². The molecule has 2 aliphatic rings. The molecule has 0 fully saturated rings. The molecule has 0 saturated carbocycles. The van der Waals surface area contributed by atoms with E-state index in [1.807, 2.05) is 0 Å². The van der Waals surface area contributed by atoms with E-state index in [0.29, 0.717) is 0 Å². The van der Waals surface area contributed by atoms with Crippen molar-refractivity contribution in [3.63, 3.8) is 0 Å². The van der Waals surface area contributed by atoms with Crippen LogP contribution in [0.15, 0.2) is 12.1 Å². The Morgan fingerprint density at radius 1 is 1.20 bits per heavy atom. The first kappa shape index (κ1) is 11.3. The Morgan fingerprint density at radius 2 is 2.00 bits per heavy atom. The summed E-state index contributed by atoms with van der Waals surface area (Å²) in [5.41, 5.74) is 7.80. The summed E-state index contributed by atoms with van der Waals surface area (Å²) in [6.45, 7) is 2.24. The monoisotopic (exact) mass is 363 g/mol. The fraction of sp³-hybridized carbons (Fsp3) is 0.429. The molecule has 0 saturated heterocycles.